The van der Waals surface area contributed by atoms with Gasteiger partial charge < -0.3 is 14.2 Å². The van der Waals surface area contributed by atoms with Crippen molar-refractivity contribution in [1.82, 2.24) is 9.80 Å². The molecule has 2 unspecified atom stereocenters. The molecule has 1 aliphatic carbocycles. The molecule has 1 aliphatic heterocycles. The Morgan fingerprint density at radius 1 is 1.30 bits per heavy atom. The van der Waals surface area contributed by atoms with Crippen molar-refractivity contribution in [3.63, 3.8) is 0 Å². The first-order valence-corrected chi connectivity index (χ1v) is 9.79. The molecular formula is C21H23ClN2O3. The Hall–Kier alpha value is -2.27. The van der Waals surface area contributed by atoms with Crippen LogP contribution in [-0.4, -0.2) is 34.2 Å². The zero-order valence-electron chi connectivity index (χ0n) is 15.3. The third kappa shape index (κ3) is 3.74. The zero-order valence-corrected chi connectivity index (χ0v) is 16.1. The van der Waals surface area contributed by atoms with Gasteiger partial charge >= 0.3 is 0 Å². The summed E-state index contributed by atoms with van der Waals surface area (Å²) < 4.78 is 5.34. The van der Waals surface area contributed by atoms with E-state index in [1.165, 1.54) is 0 Å². The van der Waals surface area contributed by atoms with Crippen molar-refractivity contribution in [2.75, 3.05) is 6.54 Å². The number of nitrogens with zero attached hydrogens (tertiary/aromatic N) is 2. The summed E-state index contributed by atoms with van der Waals surface area (Å²) in [5.74, 6) is 0.490. The van der Waals surface area contributed by atoms with E-state index in [0.29, 0.717) is 18.1 Å². The molecule has 27 heavy (non-hydrogen) atoms. The molecule has 2 atom stereocenters. The molecule has 1 aromatic carbocycles. The van der Waals surface area contributed by atoms with Crippen LogP contribution >= 0.6 is 11.6 Å². The van der Waals surface area contributed by atoms with Gasteiger partial charge in [0.1, 0.15) is 5.76 Å². The van der Waals surface area contributed by atoms with E-state index in [-0.39, 0.29) is 36.2 Å². The molecule has 0 radical (unpaired) electrons. The predicted molar refractivity (Wildman–Crippen MR) is 102 cm³/mol. The van der Waals surface area contributed by atoms with E-state index in [1.54, 1.807) is 17.2 Å². The second kappa shape index (κ2) is 7.39. The number of hydrogen-bond acceptors (Lipinski definition) is 3. The van der Waals surface area contributed by atoms with Crippen LogP contribution in [0.15, 0.2) is 47.1 Å². The Kier molecular flexibility index (Phi) is 4.96. The molecule has 2 heterocycles. The Balaban J connectivity index is 1.50. The molecule has 1 saturated heterocycles. The van der Waals surface area contributed by atoms with Gasteiger partial charge in [0.25, 0.3) is 0 Å². The third-order valence-electron chi connectivity index (χ3n) is 5.46. The standard InChI is InChI=1S/C21H23ClN2O3/c1-14(18-6-2-3-7-19(18)22)24(16-8-9-16)21(26)15-11-20(25)23(12-15)13-17-5-4-10-27-17/h2-7,10,14-16H,8-9,11-13H2,1H3. The summed E-state index contributed by atoms with van der Waals surface area (Å²) in [7, 11) is 0. The summed E-state index contributed by atoms with van der Waals surface area (Å²) in [6.07, 6.45) is 3.88. The fourth-order valence-electron chi connectivity index (χ4n) is 3.90. The van der Waals surface area contributed by atoms with E-state index < -0.39 is 0 Å². The van der Waals surface area contributed by atoms with Gasteiger partial charge in [0.2, 0.25) is 11.8 Å². The lowest BCUT2D eigenvalue weighted by atomic mass is 10.0. The van der Waals surface area contributed by atoms with Gasteiger partial charge in [-0.1, -0.05) is 29.8 Å². The maximum Gasteiger partial charge on any atom is 0.228 e. The second-order valence-electron chi connectivity index (χ2n) is 7.43. The second-order valence-corrected chi connectivity index (χ2v) is 7.84. The van der Waals surface area contributed by atoms with Gasteiger partial charge in [-0.2, -0.15) is 0 Å². The third-order valence-corrected chi connectivity index (χ3v) is 5.80. The average Bonchev–Trinajstić information content (AvgIpc) is 3.21. The molecule has 1 aromatic heterocycles. The van der Waals surface area contributed by atoms with Crippen molar-refractivity contribution in [2.24, 2.45) is 5.92 Å². The molecular weight excluding hydrogens is 364 g/mol. The van der Waals surface area contributed by atoms with Crippen LogP contribution < -0.4 is 0 Å². The largest absolute Gasteiger partial charge is 0.467 e. The molecule has 6 heteroatoms. The molecule has 4 rings (SSSR count). The van der Waals surface area contributed by atoms with Crippen LogP contribution in [0.2, 0.25) is 5.02 Å². The highest BCUT2D eigenvalue weighted by molar-refractivity contribution is 6.31. The number of carbonyl (C=O) groups excluding carboxylic acids is 2. The van der Waals surface area contributed by atoms with Gasteiger partial charge in [-0.05, 0) is 43.5 Å². The maximum atomic E-state index is 13.3. The monoisotopic (exact) mass is 386 g/mol. The number of rotatable bonds is 6. The smallest absolute Gasteiger partial charge is 0.228 e. The van der Waals surface area contributed by atoms with Crippen molar-refractivity contribution in [2.45, 2.75) is 44.8 Å². The number of benzene rings is 1. The summed E-state index contributed by atoms with van der Waals surface area (Å²) in [6.45, 7) is 2.88. The topological polar surface area (TPSA) is 53.8 Å². The van der Waals surface area contributed by atoms with Crippen LogP contribution in [0, 0.1) is 5.92 Å². The Morgan fingerprint density at radius 3 is 2.74 bits per heavy atom. The highest BCUT2D eigenvalue weighted by Crippen LogP contribution is 2.38. The lowest BCUT2D eigenvalue weighted by molar-refractivity contribution is -0.138. The Labute approximate surface area is 163 Å². The van der Waals surface area contributed by atoms with Gasteiger partial charge in [-0.25, -0.2) is 0 Å². The van der Waals surface area contributed by atoms with Gasteiger partial charge in [0, 0.05) is 24.0 Å². The number of halogens is 1. The van der Waals surface area contributed by atoms with Crippen LogP contribution in [0.3, 0.4) is 0 Å². The van der Waals surface area contributed by atoms with E-state index in [1.807, 2.05) is 42.2 Å². The van der Waals surface area contributed by atoms with Crippen molar-refractivity contribution in [1.29, 1.82) is 0 Å². The van der Waals surface area contributed by atoms with Crippen LogP contribution in [0.1, 0.15) is 43.6 Å². The summed E-state index contributed by atoms with van der Waals surface area (Å²) in [5.41, 5.74) is 0.955. The number of likely N-dealkylation sites (tertiary alicyclic amines) is 1. The van der Waals surface area contributed by atoms with E-state index in [2.05, 4.69) is 0 Å². The minimum atomic E-state index is -0.307. The zero-order chi connectivity index (χ0) is 19.0. The minimum Gasteiger partial charge on any atom is -0.467 e. The minimum absolute atomic E-state index is 0.00546. The van der Waals surface area contributed by atoms with Crippen molar-refractivity contribution < 1.29 is 14.0 Å². The molecule has 1 saturated carbocycles. The molecule has 2 aromatic rings. The number of furan rings is 1. The van der Waals surface area contributed by atoms with Gasteiger partial charge in [-0.15, -0.1) is 0 Å². The van der Waals surface area contributed by atoms with Crippen molar-refractivity contribution >= 4 is 23.4 Å². The molecule has 0 bridgehead atoms. The van der Waals surface area contributed by atoms with Crippen LogP contribution in [-0.2, 0) is 16.1 Å². The van der Waals surface area contributed by atoms with Crippen molar-refractivity contribution in [3.8, 4) is 0 Å². The molecule has 0 spiro atoms. The summed E-state index contributed by atoms with van der Waals surface area (Å²) in [6, 6.07) is 11.5. The van der Waals surface area contributed by atoms with E-state index in [0.717, 1.165) is 24.2 Å². The highest BCUT2D eigenvalue weighted by atomic mass is 35.5. The van der Waals surface area contributed by atoms with Crippen LogP contribution in [0.4, 0.5) is 0 Å². The fraction of sp³-hybridized carbons (Fsp3) is 0.429. The molecule has 2 aliphatic rings. The predicted octanol–water partition coefficient (Wildman–Crippen LogP) is 4.03. The first kappa shape index (κ1) is 18.1. The molecule has 0 N–H and O–H groups in total. The molecule has 2 amide bonds. The van der Waals surface area contributed by atoms with E-state index in [9.17, 15) is 9.59 Å². The average molecular weight is 387 g/mol. The van der Waals surface area contributed by atoms with Gasteiger partial charge in [0.15, 0.2) is 0 Å². The summed E-state index contributed by atoms with van der Waals surface area (Å²) >= 11 is 6.37. The number of carbonyl (C=O) groups is 2. The first-order valence-electron chi connectivity index (χ1n) is 9.41. The molecule has 2 fully saturated rings. The Morgan fingerprint density at radius 2 is 2.07 bits per heavy atom. The maximum absolute atomic E-state index is 13.3. The number of hydrogen-bond donors (Lipinski definition) is 0. The molecule has 5 nitrogen and oxygen atoms in total. The van der Waals surface area contributed by atoms with Crippen LogP contribution in [0.5, 0.6) is 0 Å². The van der Waals surface area contributed by atoms with Gasteiger partial charge in [0.05, 0.1) is 24.8 Å². The fourth-order valence-corrected chi connectivity index (χ4v) is 4.19. The van der Waals surface area contributed by atoms with E-state index in [4.69, 9.17) is 16.0 Å². The van der Waals surface area contributed by atoms with E-state index >= 15 is 0 Å². The van der Waals surface area contributed by atoms with Gasteiger partial charge in [-0.3, -0.25) is 9.59 Å². The lowest BCUT2D eigenvalue weighted by Gasteiger charge is -2.32. The SMILES string of the molecule is CC(c1ccccc1Cl)N(C(=O)C1CC(=O)N(Cc2ccco2)C1)C1CC1. The Bertz CT molecular complexity index is 832. The number of amides is 2. The normalized spacial score (nSPS) is 20.7. The summed E-state index contributed by atoms with van der Waals surface area (Å²) in [4.78, 5) is 29.4. The quantitative estimate of drug-likeness (QED) is 0.753. The lowest BCUT2D eigenvalue weighted by Crippen LogP contribution is -2.40. The van der Waals surface area contributed by atoms with Crippen molar-refractivity contribution in [3.05, 3.63) is 59.0 Å². The highest BCUT2D eigenvalue weighted by Gasteiger charge is 2.43. The molecule has 142 valence electrons. The first-order chi connectivity index (χ1) is 13.0. The summed E-state index contributed by atoms with van der Waals surface area (Å²) in [5, 5.41) is 0.672. The van der Waals surface area contributed by atoms with Crippen LogP contribution in [0.25, 0.3) is 0 Å².